The molecule has 26 heavy (non-hydrogen) atoms. The van der Waals surface area contributed by atoms with E-state index in [-0.39, 0.29) is 16.3 Å². The number of benzene rings is 2. The Kier molecular flexibility index (Phi) is 4.41. The number of hydrogen-bond donors (Lipinski definition) is 0. The average molecular weight is 387 g/mol. The van der Waals surface area contributed by atoms with Gasteiger partial charge in [0.1, 0.15) is 5.82 Å². The monoisotopic (exact) mass is 386 g/mol. The third-order valence-electron chi connectivity index (χ3n) is 3.38. The number of alkyl halides is 3. The van der Waals surface area contributed by atoms with Crippen molar-refractivity contribution < 1.29 is 22.0 Å². The van der Waals surface area contributed by atoms with Gasteiger partial charge < -0.3 is 4.42 Å². The number of rotatable bonds is 2. The zero-order chi connectivity index (χ0) is 19.1. The van der Waals surface area contributed by atoms with Gasteiger partial charge in [0.2, 0.25) is 5.89 Å². The molecule has 0 fully saturated rings. The third kappa shape index (κ3) is 3.25. The molecule has 1 heterocycles. The Morgan fingerprint density at radius 2 is 1.69 bits per heavy atom. The van der Waals surface area contributed by atoms with Crippen LogP contribution < -0.4 is 11.4 Å². The van der Waals surface area contributed by atoms with E-state index in [1.807, 2.05) is 0 Å². The maximum atomic E-state index is 13.9. The lowest BCUT2D eigenvalue weighted by Gasteiger charge is -2.08. The van der Waals surface area contributed by atoms with Crippen LogP contribution in [0.2, 0.25) is 5.02 Å². The number of halogens is 5. The van der Waals surface area contributed by atoms with E-state index in [0.29, 0.717) is 16.7 Å². The molecule has 0 aliphatic rings. The van der Waals surface area contributed by atoms with Crippen LogP contribution in [0.15, 0.2) is 56.5 Å². The fourth-order valence-corrected chi connectivity index (χ4v) is 2.43. The molecule has 0 atom stereocenters. The van der Waals surface area contributed by atoms with Crippen LogP contribution in [0.4, 0.5) is 17.6 Å². The summed E-state index contributed by atoms with van der Waals surface area (Å²) >= 11 is 5.83. The molecule has 3 aromatic rings. The first kappa shape index (κ1) is 17.9. The van der Waals surface area contributed by atoms with Crippen LogP contribution in [0.5, 0.6) is 0 Å². The molecular formula is C16H7ClF4N2O3. The Labute approximate surface area is 147 Å². The average Bonchev–Trinajstić information content (AvgIpc) is 2.54. The molecule has 5 nitrogen and oxygen atoms in total. The van der Waals surface area contributed by atoms with Gasteiger partial charge in [0.05, 0.1) is 21.8 Å². The van der Waals surface area contributed by atoms with Crippen LogP contribution >= 0.6 is 11.6 Å². The summed E-state index contributed by atoms with van der Waals surface area (Å²) in [4.78, 5) is 27.7. The van der Waals surface area contributed by atoms with Crippen LogP contribution in [-0.2, 0) is 6.18 Å². The first-order chi connectivity index (χ1) is 12.2. The quantitative estimate of drug-likeness (QED) is 0.630. The highest BCUT2D eigenvalue weighted by Crippen LogP contribution is 2.30. The number of nitrogens with zero attached hydrogens (tertiary/aromatic N) is 2. The summed E-state index contributed by atoms with van der Waals surface area (Å²) < 4.78 is 56.9. The Morgan fingerprint density at radius 3 is 2.23 bits per heavy atom. The summed E-state index contributed by atoms with van der Waals surface area (Å²) in [6.45, 7) is 0. The molecule has 134 valence electrons. The Balaban J connectivity index is 2.12. The lowest BCUT2D eigenvalue weighted by molar-refractivity contribution is -0.137. The van der Waals surface area contributed by atoms with Crippen molar-refractivity contribution in [3.05, 3.63) is 79.9 Å². The van der Waals surface area contributed by atoms with Gasteiger partial charge in [0.15, 0.2) is 0 Å². The Hall–Kier alpha value is -2.94. The minimum absolute atomic E-state index is 0.132. The van der Waals surface area contributed by atoms with Crippen LogP contribution in [0.25, 0.3) is 17.1 Å². The minimum atomic E-state index is -4.57. The maximum Gasteiger partial charge on any atom is 0.429 e. The van der Waals surface area contributed by atoms with Crippen LogP contribution in [0.1, 0.15) is 5.56 Å². The molecule has 0 unspecified atom stereocenters. The predicted molar refractivity (Wildman–Crippen MR) is 83.8 cm³/mol. The molecule has 3 rings (SSSR count). The van der Waals surface area contributed by atoms with Crippen molar-refractivity contribution >= 4 is 11.6 Å². The standard InChI is InChI=1S/C16H7ClF4N2O3/c17-10-2-1-3-11(18)12(10)13-22-14(24)23(15(25)26-13)9-6-4-8(5-7-9)16(19,20)21/h1-7H. The topological polar surface area (TPSA) is 65.1 Å². The smallest absolute Gasteiger partial charge is 0.389 e. The predicted octanol–water partition coefficient (Wildman–Crippen LogP) is 3.66. The van der Waals surface area contributed by atoms with Crippen molar-refractivity contribution in [3.63, 3.8) is 0 Å². The van der Waals surface area contributed by atoms with Gasteiger partial charge in [0.25, 0.3) is 0 Å². The SMILES string of the molecule is O=c1nc(-c2c(F)cccc2Cl)oc(=O)n1-c1ccc(C(F)(F)F)cc1. The van der Waals surface area contributed by atoms with Crippen LogP contribution in [-0.4, -0.2) is 9.55 Å². The van der Waals surface area contributed by atoms with Gasteiger partial charge >= 0.3 is 17.6 Å². The van der Waals surface area contributed by atoms with Crippen molar-refractivity contribution in [1.29, 1.82) is 0 Å². The Morgan fingerprint density at radius 1 is 1.04 bits per heavy atom. The highest BCUT2D eigenvalue weighted by molar-refractivity contribution is 6.33. The molecule has 0 amide bonds. The summed E-state index contributed by atoms with van der Waals surface area (Å²) in [6, 6.07) is 6.87. The molecule has 0 aliphatic carbocycles. The zero-order valence-corrected chi connectivity index (χ0v) is 13.3. The van der Waals surface area contributed by atoms with E-state index in [1.165, 1.54) is 12.1 Å². The molecule has 2 aromatic carbocycles. The van der Waals surface area contributed by atoms with Crippen molar-refractivity contribution in [2.45, 2.75) is 6.18 Å². The van der Waals surface area contributed by atoms with Crippen molar-refractivity contribution in [2.75, 3.05) is 0 Å². The second-order valence-corrected chi connectivity index (χ2v) is 5.45. The number of hydrogen-bond acceptors (Lipinski definition) is 4. The van der Waals surface area contributed by atoms with E-state index >= 15 is 0 Å². The lowest BCUT2D eigenvalue weighted by Crippen LogP contribution is -2.33. The van der Waals surface area contributed by atoms with E-state index in [4.69, 9.17) is 16.0 Å². The van der Waals surface area contributed by atoms with E-state index in [1.54, 1.807) is 0 Å². The van der Waals surface area contributed by atoms with Gasteiger partial charge in [0, 0.05) is 0 Å². The highest BCUT2D eigenvalue weighted by Gasteiger charge is 2.30. The second kappa shape index (κ2) is 6.41. The van der Waals surface area contributed by atoms with E-state index in [2.05, 4.69) is 4.98 Å². The molecule has 0 saturated heterocycles. The van der Waals surface area contributed by atoms with Crippen molar-refractivity contribution in [1.82, 2.24) is 9.55 Å². The van der Waals surface area contributed by atoms with Gasteiger partial charge in [-0.2, -0.15) is 22.7 Å². The summed E-state index contributed by atoms with van der Waals surface area (Å²) in [5, 5.41) is -0.132. The first-order valence-corrected chi connectivity index (χ1v) is 7.32. The molecule has 0 aliphatic heterocycles. The lowest BCUT2D eigenvalue weighted by atomic mass is 10.2. The fraction of sp³-hybridized carbons (Fsp3) is 0.0625. The molecule has 1 aromatic heterocycles. The summed E-state index contributed by atoms with van der Waals surface area (Å²) in [5.41, 5.74) is -2.67. The summed E-state index contributed by atoms with van der Waals surface area (Å²) in [6.07, 6.45) is -4.57. The van der Waals surface area contributed by atoms with Gasteiger partial charge in [-0.3, -0.25) is 0 Å². The molecule has 0 N–H and O–H groups in total. The molecule has 0 radical (unpaired) electrons. The third-order valence-corrected chi connectivity index (χ3v) is 3.70. The molecule has 0 spiro atoms. The minimum Gasteiger partial charge on any atom is -0.389 e. The first-order valence-electron chi connectivity index (χ1n) is 6.94. The second-order valence-electron chi connectivity index (χ2n) is 5.04. The molecule has 10 heteroatoms. The molecule has 0 saturated carbocycles. The fourth-order valence-electron chi connectivity index (χ4n) is 2.19. The van der Waals surface area contributed by atoms with Gasteiger partial charge in [-0.1, -0.05) is 17.7 Å². The molecular weight excluding hydrogens is 380 g/mol. The van der Waals surface area contributed by atoms with Crippen molar-refractivity contribution in [2.24, 2.45) is 0 Å². The summed E-state index contributed by atoms with van der Waals surface area (Å²) in [7, 11) is 0. The number of aromatic nitrogens is 2. The van der Waals surface area contributed by atoms with Crippen molar-refractivity contribution in [3.8, 4) is 17.1 Å². The van der Waals surface area contributed by atoms with E-state index in [9.17, 15) is 27.2 Å². The maximum absolute atomic E-state index is 13.9. The van der Waals surface area contributed by atoms with Gasteiger partial charge in [-0.05, 0) is 36.4 Å². The van der Waals surface area contributed by atoms with Crippen LogP contribution in [0.3, 0.4) is 0 Å². The highest BCUT2D eigenvalue weighted by atomic mass is 35.5. The molecule has 0 bridgehead atoms. The largest absolute Gasteiger partial charge is 0.429 e. The Bertz CT molecular complexity index is 1040. The van der Waals surface area contributed by atoms with Crippen LogP contribution in [0, 0.1) is 5.82 Å². The van der Waals surface area contributed by atoms with Gasteiger partial charge in [-0.15, -0.1) is 0 Å². The van der Waals surface area contributed by atoms with E-state index < -0.39 is 34.9 Å². The van der Waals surface area contributed by atoms with Gasteiger partial charge in [-0.25, -0.2) is 14.0 Å². The van der Waals surface area contributed by atoms with E-state index in [0.717, 1.165) is 18.2 Å². The normalized spacial score (nSPS) is 11.6. The summed E-state index contributed by atoms with van der Waals surface area (Å²) in [5.74, 6) is -2.75. The zero-order valence-electron chi connectivity index (χ0n) is 12.6.